The van der Waals surface area contributed by atoms with Crippen molar-refractivity contribution in [1.29, 1.82) is 0 Å². The molecule has 0 unspecified atom stereocenters. The Morgan fingerprint density at radius 3 is 2.32 bits per heavy atom. The number of pyridine rings is 2. The molecule has 0 bridgehead atoms. The van der Waals surface area contributed by atoms with Crippen LogP contribution in [0.5, 0.6) is 0 Å². The van der Waals surface area contributed by atoms with Crippen molar-refractivity contribution < 1.29 is 25.9 Å². The predicted octanol–water partition coefficient (Wildman–Crippen LogP) is 11.5. The van der Waals surface area contributed by atoms with Gasteiger partial charge in [0.15, 0.2) is 0 Å². The van der Waals surface area contributed by atoms with Crippen LogP contribution in [-0.4, -0.2) is 32.8 Å². The molecule has 4 heterocycles. The second-order valence-corrected chi connectivity index (χ2v) is 25.1. The molecule has 0 aliphatic carbocycles. The third-order valence-electron chi connectivity index (χ3n) is 9.53. The van der Waals surface area contributed by atoms with Crippen LogP contribution in [0.3, 0.4) is 0 Å². The van der Waals surface area contributed by atoms with Crippen molar-refractivity contribution in [3.63, 3.8) is 0 Å². The minimum absolute atomic E-state index is 0. The molecule has 0 N–H and O–H groups in total. The molecule has 1 radical (unpaired) electrons. The number of aromatic nitrogens is 4. The van der Waals surface area contributed by atoms with E-state index in [0.717, 1.165) is 67.0 Å². The van der Waals surface area contributed by atoms with Crippen LogP contribution < -0.4 is 4.40 Å². The summed E-state index contributed by atoms with van der Waals surface area (Å²) < 4.78 is 17.9. The second-order valence-electron chi connectivity index (χ2n) is 14.4. The summed E-state index contributed by atoms with van der Waals surface area (Å²) in [5, 5.41) is 4.37. The van der Waals surface area contributed by atoms with E-state index < -0.39 is 19.2 Å². The fourth-order valence-corrected chi connectivity index (χ4v) is 8.79. The molecule has 53 heavy (non-hydrogen) atoms. The zero-order valence-electron chi connectivity index (χ0n) is 31.7. The third-order valence-corrected chi connectivity index (χ3v) is 13.8. The maximum Gasteiger partial charge on any atom is 0 e. The van der Waals surface area contributed by atoms with Crippen LogP contribution in [0.15, 0.2) is 132 Å². The topological polar surface area (TPSA) is 56.7 Å². The summed E-state index contributed by atoms with van der Waals surface area (Å²) in [6.45, 7) is 5.75. The van der Waals surface area contributed by atoms with Gasteiger partial charge < -0.3 is 8.98 Å². The number of hydrogen-bond acceptors (Lipinski definition) is 4. The molecular formula is C46H40GeIrN4O-2. The van der Waals surface area contributed by atoms with E-state index in [1.807, 2.05) is 81.6 Å². The van der Waals surface area contributed by atoms with Gasteiger partial charge in [-0.15, -0.1) is 18.2 Å². The van der Waals surface area contributed by atoms with Gasteiger partial charge in [0.1, 0.15) is 0 Å². The molecule has 0 aliphatic rings. The quantitative estimate of drug-likeness (QED) is 0.127. The smallest absolute Gasteiger partial charge is 0 e. The van der Waals surface area contributed by atoms with Crippen molar-refractivity contribution in [3.8, 4) is 28.3 Å². The summed E-state index contributed by atoms with van der Waals surface area (Å²) in [6, 6.07) is 48.0. The van der Waals surface area contributed by atoms with Crippen LogP contribution in [0.4, 0.5) is 0 Å². The van der Waals surface area contributed by atoms with E-state index in [4.69, 9.17) is 10.8 Å². The van der Waals surface area contributed by atoms with E-state index in [1.54, 1.807) is 0 Å². The van der Waals surface area contributed by atoms with Gasteiger partial charge in [0.25, 0.3) is 0 Å². The van der Waals surface area contributed by atoms with Crippen molar-refractivity contribution in [2.75, 3.05) is 0 Å². The normalized spacial score (nSPS) is 12.1. The van der Waals surface area contributed by atoms with E-state index >= 15 is 0 Å². The molecule has 7 heteroatoms. The Hall–Kier alpha value is -4.88. The largest absolute Gasteiger partial charge is 0 e. The molecule has 265 valence electrons. The van der Waals surface area contributed by atoms with Crippen LogP contribution in [0, 0.1) is 19.1 Å². The number of nitrogens with zero attached hydrogens (tertiary/aromatic N) is 4. The van der Waals surface area contributed by atoms with Crippen molar-refractivity contribution >= 4 is 61.5 Å². The van der Waals surface area contributed by atoms with E-state index in [-0.39, 0.29) is 20.1 Å². The van der Waals surface area contributed by atoms with Gasteiger partial charge in [-0.2, -0.15) is 0 Å². The summed E-state index contributed by atoms with van der Waals surface area (Å²) in [6.07, 6.45) is 2.02. The first-order chi connectivity index (χ1) is 25.5. The molecule has 5 nitrogen and oxygen atoms in total. The van der Waals surface area contributed by atoms with Crippen LogP contribution in [0.1, 0.15) is 32.4 Å². The van der Waals surface area contributed by atoms with Crippen molar-refractivity contribution in [3.05, 3.63) is 151 Å². The Morgan fingerprint density at radius 2 is 1.57 bits per heavy atom. The average Bonchev–Trinajstić information content (AvgIpc) is 3.72. The summed E-state index contributed by atoms with van der Waals surface area (Å²) in [5.74, 6) is 7.33. The molecule has 0 atom stereocenters. The van der Waals surface area contributed by atoms with E-state index in [1.165, 1.54) is 15.2 Å². The van der Waals surface area contributed by atoms with Gasteiger partial charge >= 0.3 is 120 Å². The fourth-order valence-electron chi connectivity index (χ4n) is 6.61. The number of benzene rings is 5. The standard InChI is InChI=1S/C29H18N3O.C17H22GeN.Ir/c1-18-16-17-22-21-11-7-12-23(27(21)33-29(22)30-18)28-31-24-13-4-5-14-26(24)32(28)25-15-6-9-19-8-2-3-10-20(19)25;1-13(2)14-6-8-15(9-7-14)17-11-10-16(12-19-17)18(3,4)5;/h2-11,13-17H,1H3;6-8,10-13H,1-5H3;/q2*-1;/i;13D;. The molecule has 9 rings (SSSR count). The number of imidazole rings is 1. The maximum absolute atomic E-state index is 8.02. The number of fused-ring (bicyclic) bond motifs is 5. The summed E-state index contributed by atoms with van der Waals surface area (Å²) in [5.41, 5.74) is 9.11. The number of rotatable bonds is 5. The van der Waals surface area contributed by atoms with Gasteiger partial charge in [0.2, 0.25) is 5.71 Å². The molecule has 0 spiro atoms. The van der Waals surface area contributed by atoms with Gasteiger partial charge in [-0.05, 0) is 42.6 Å². The van der Waals surface area contributed by atoms with Crippen molar-refractivity contribution in [2.45, 2.75) is 43.9 Å². The minimum atomic E-state index is -1.78. The number of aryl methyl sites for hydroxylation is 1. The first kappa shape index (κ1) is 35.2. The molecule has 9 aromatic rings. The molecule has 0 saturated heterocycles. The van der Waals surface area contributed by atoms with Gasteiger partial charge in [0, 0.05) is 42.3 Å². The zero-order valence-corrected chi connectivity index (χ0v) is 35.1. The van der Waals surface area contributed by atoms with Crippen LogP contribution >= 0.6 is 0 Å². The minimum Gasteiger partial charge on any atom is 0 e. The van der Waals surface area contributed by atoms with E-state index in [0.29, 0.717) is 5.71 Å². The Balaban J connectivity index is 0.000000186. The Bertz CT molecular complexity index is 2700. The van der Waals surface area contributed by atoms with Crippen molar-refractivity contribution in [2.24, 2.45) is 0 Å². The third kappa shape index (κ3) is 7.12. The number of furan rings is 1. The van der Waals surface area contributed by atoms with Crippen LogP contribution in [0.2, 0.25) is 17.3 Å². The molecule has 5 aromatic carbocycles. The SMILES string of the molecule is Cc1ccc2c(n1)oc1c(-c3nc4ccccc4n3-c3cccc4ccccc34)[c-]ccc12.[2H]C(C)(C)c1c[c-]c(-c2cc[c]([Ge]([CH3])([CH3])[CH3])cn2)cc1.[Ir]. The van der Waals surface area contributed by atoms with Gasteiger partial charge in [0.05, 0.1) is 22.4 Å². The molecule has 0 aliphatic heterocycles. The van der Waals surface area contributed by atoms with Gasteiger partial charge in [-0.1, -0.05) is 59.5 Å². The molecular weight excluding hydrogens is 889 g/mol. The first-order valence-corrected chi connectivity index (χ1v) is 25.0. The van der Waals surface area contributed by atoms with Crippen LogP contribution in [0.25, 0.3) is 72.2 Å². The van der Waals surface area contributed by atoms with Crippen LogP contribution in [-0.2, 0) is 20.1 Å². The maximum atomic E-state index is 8.02. The second kappa shape index (κ2) is 14.9. The first-order valence-electron chi connectivity index (χ1n) is 18.1. The Kier molecular flexibility index (Phi) is 9.86. The predicted molar refractivity (Wildman–Crippen MR) is 218 cm³/mol. The summed E-state index contributed by atoms with van der Waals surface area (Å²) in [4.78, 5) is 14.2. The average molecular weight is 931 g/mol. The molecule has 4 aromatic heterocycles. The number of hydrogen-bond donors (Lipinski definition) is 0. The van der Waals surface area contributed by atoms with Crippen molar-refractivity contribution in [1.82, 2.24) is 19.5 Å². The fraction of sp³-hybridized carbons (Fsp3) is 0.152. The Labute approximate surface area is 328 Å². The number of para-hydroxylation sites is 2. The van der Waals surface area contributed by atoms with Gasteiger partial charge in [-0.3, -0.25) is 4.98 Å². The molecule has 0 amide bonds. The van der Waals surface area contributed by atoms with E-state index in [9.17, 15) is 0 Å². The summed E-state index contributed by atoms with van der Waals surface area (Å²) >= 11 is -1.78. The molecule has 0 saturated carbocycles. The van der Waals surface area contributed by atoms with Gasteiger partial charge in [-0.25, -0.2) is 4.98 Å². The van der Waals surface area contributed by atoms with E-state index in [2.05, 4.69) is 111 Å². The molecule has 0 fully saturated rings. The zero-order chi connectivity index (χ0) is 36.9. The monoisotopic (exact) mass is 932 g/mol. The Morgan fingerprint density at radius 1 is 0.774 bits per heavy atom. The summed E-state index contributed by atoms with van der Waals surface area (Å²) in [7, 11) is 0.